The number of hydrogen-bond acceptors (Lipinski definition) is 4. The first-order valence-electron chi connectivity index (χ1n) is 5.97. The number of aryl methyl sites for hydroxylation is 1. The molecular formula is C12H15N3O2S. The molecule has 0 aliphatic carbocycles. The lowest BCUT2D eigenvalue weighted by Crippen LogP contribution is -2.21. The fraction of sp³-hybridized carbons (Fsp3) is 0.417. The Morgan fingerprint density at radius 2 is 2.33 bits per heavy atom. The van der Waals surface area contributed by atoms with Crippen LogP contribution >= 0.6 is 12.2 Å². The quantitative estimate of drug-likeness (QED) is 0.667. The summed E-state index contributed by atoms with van der Waals surface area (Å²) in [6, 6.07) is 3.50. The summed E-state index contributed by atoms with van der Waals surface area (Å²) in [5, 5.41) is 6.39. The van der Waals surface area contributed by atoms with Crippen LogP contribution in [0.4, 0.5) is 0 Å². The number of unbranched alkanes of at least 4 members (excludes halogenated alkanes) is 2. The van der Waals surface area contributed by atoms with Crippen molar-refractivity contribution >= 4 is 12.2 Å². The fourth-order valence-corrected chi connectivity index (χ4v) is 1.88. The normalized spacial score (nSPS) is 10.7. The smallest absolute Gasteiger partial charge is 0.284 e. The van der Waals surface area contributed by atoms with Gasteiger partial charge in [-0.05, 0) is 30.8 Å². The average Bonchev–Trinajstić information content (AvgIpc) is 2.78. The predicted octanol–water partition coefficient (Wildman–Crippen LogP) is 2.75. The molecule has 0 atom stereocenters. The zero-order chi connectivity index (χ0) is 13.0. The van der Waals surface area contributed by atoms with E-state index in [1.54, 1.807) is 16.8 Å². The maximum atomic E-state index is 12.2. The fourth-order valence-electron chi connectivity index (χ4n) is 1.75. The molecule has 2 heterocycles. The molecule has 0 bridgehead atoms. The minimum absolute atomic E-state index is 0.0983. The van der Waals surface area contributed by atoms with Gasteiger partial charge in [-0.15, -0.1) is 5.10 Å². The Labute approximate surface area is 109 Å². The number of aromatic nitrogens is 3. The summed E-state index contributed by atoms with van der Waals surface area (Å²) in [6.45, 7) is 2.85. The molecule has 0 aliphatic rings. The van der Waals surface area contributed by atoms with Crippen molar-refractivity contribution in [2.24, 2.45) is 0 Å². The summed E-state index contributed by atoms with van der Waals surface area (Å²) >= 11 is 4.80. The van der Waals surface area contributed by atoms with E-state index in [2.05, 4.69) is 17.1 Å². The number of aromatic amines is 1. The van der Waals surface area contributed by atoms with Gasteiger partial charge in [-0.1, -0.05) is 19.8 Å². The molecule has 0 radical (unpaired) electrons. The summed E-state index contributed by atoms with van der Waals surface area (Å²) in [5.74, 6) is 0.245. The van der Waals surface area contributed by atoms with Crippen molar-refractivity contribution in [1.29, 1.82) is 0 Å². The molecule has 0 fully saturated rings. The maximum Gasteiger partial charge on any atom is 0.284 e. The molecule has 0 amide bonds. The third-order valence-corrected chi connectivity index (χ3v) is 2.87. The van der Waals surface area contributed by atoms with Gasteiger partial charge >= 0.3 is 0 Å². The molecule has 0 saturated heterocycles. The average molecular weight is 265 g/mol. The van der Waals surface area contributed by atoms with Gasteiger partial charge in [0.1, 0.15) is 5.56 Å². The lowest BCUT2D eigenvalue weighted by atomic mass is 10.2. The second-order valence-corrected chi connectivity index (χ2v) is 4.42. The van der Waals surface area contributed by atoms with Gasteiger partial charge in [0, 0.05) is 12.7 Å². The van der Waals surface area contributed by atoms with Crippen LogP contribution in [0, 0.1) is 4.84 Å². The summed E-state index contributed by atoms with van der Waals surface area (Å²) in [7, 11) is 0. The van der Waals surface area contributed by atoms with E-state index in [9.17, 15) is 4.79 Å². The number of H-pyrrole nitrogens is 1. The molecule has 0 aromatic carbocycles. The van der Waals surface area contributed by atoms with Gasteiger partial charge in [-0.25, -0.2) is 5.10 Å². The second-order valence-electron chi connectivity index (χ2n) is 4.05. The van der Waals surface area contributed by atoms with Crippen LogP contribution in [0.3, 0.4) is 0 Å². The Morgan fingerprint density at radius 3 is 3.00 bits per heavy atom. The van der Waals surface area contributed by atoms with Crippen molar-refractivity contribution < 1.29 is 4.42 Å². The van der Waals surface area contributed by atoms with E-state index in [1.807, 2.05) is 6.07 Å². The summed E-state index contributed by atoms with van der Waals surface area (Å²) in [5.41, 5.74) is 0.334. The summed E-state index contributed by atoms with van der Waals surface area (Å²) in [4.78, 5) is 12.4. The molecule has 96 valence electrons. The summed E-state index contributed by atoms with van der Waals surface area (Å²) in [6.07, 6.45) is 5.01. The zero-order valence-corrected chi connectivity index (χ0v) is 11.0. The standard InChI is InChI=1S/C12H15N3O2S/c1-2-3-4-7-15-8-5-6-9(11(15)16)10-13-14-12(18)17-10/h5-6,8H,2-4,7H2,1H3,(H,14,18). The molecule has 2 aromatic rings. The Hall–Kier alpha value is -1.69. The zero-order valence-electron chi connectivity index (χ0n) is 10.2. The van der Waals surface area contributed by atoms with E-state index < -0.39 is 0 Å². The molecule has 0 unspecified atom stereocenters. The van der Waals surface area contributed by atoms with Crippen molar-refractivity contribution in [3.8, 4) is 11.5 Å². The minimum Gasteiger partial charge on any atom is -0.409 e. The molecule has 1 N–H and O–H groups in total. The number of nitrogens with one attached hydrogen (secondary N) is 1. The van der Waals surface area contributed by atoms with Crippen LogP contribution in [0.5, 0.6) is 0 Å². The molecule has 6 heteroatoms. The SMILES string of the molecule is CCCCCn1cccc(-c2n[nH]c(=S)o2)c1=O. The largest absolute Gasteiger partial charge is 0.409 e. The highest BCUT2D eigenvalue weighted by atomic mass is 32.1. The molecule has 0 saturated carbocycles. The van der Waals surface area contributed by atoms with Crippen LogP contribution in [0.25, 0.3) is 11.5 Å². The minimum atomic E-state index is -0.0983. The topological polar surface area (TPSA) is 63.8 Å². The van der Waals surface area contributed by atoms with E-state index in [0.29, 0.717) is 12.1 Å². The third-order valence-electron chi connectivity index (χ3n) is 2.69. The first-order valence-corrected chi connectivity index (χ1v) is 6.38. The third kappa shape index (κ3) is 2.76. The Balaban J connectivity index is 2.30. The Bertz CT molecular complexity index is 626. The van der Waals surface area contributed by atoms with Crippen LogP contribution in [-0.2, 0) is 6.54 Å². The van der Waals surface area contributed by atoms with Crippen molar-refractivity contribution in [1.82, 2.24) is 14.8 Å². The number of rotatable bonds is 5. The number of hydrogen-bond donors (Lipinski definition) is 1. The molecule has 5 nitrogen and oxygen atoms in total. The highest BCUT2D eigenvalue weighted by Crippen LogP contribution is 2.11. The Kier molecular flexibility index (Phi) is 4.09. The van der Waals surface area contributed by atoms with Crippen molar-refractivity contribution in [3.63, 3.8) is 0 Å². The highest BCUT2D eigenvalue weighted by molar-refractivity contribution is 7.71. The van der Waals surface area contributed by atoms with Gasteiger partial charge in [0.15, 0.2) is 0 Å². The van der Waals surface area contributed by atoms with E-state index in [-0.39, 0.29) is 16.3 Å². The van der Waals surface area contributed by atoms with Crippen LogP contribution in [0.15, 0.2) is 27.5 Å². The first-order chi connectivity index (χ1) is 8.72. The van der Waals surface area contributed by atoms with E-state index >= 15 is 0 Å². The first kappa shape index (κ1) is 12.8. The lowest BCUT2D eigenvalue weighted by molar-refractivity contribution is 0.547. The molecule has 0 spiro atoms. The molecular weight excluding hydrogens is 250 g/mol. The van der Waals surface area contributed by atoms with Gasteiger partial charge in [0.2, 0.25) is 0 Å². The predicted molar refractivity (Wildman–Crippen MR) is 70.9 cm³/mol. The van der Waals surface area contributed by atoms with Crippen molar-refractivity contribution in [2.45, 2.75) is 32.7 Å². The van der Waals surface area contributed by atoms with E-state index in [0.717, 1.165) is 19.3 Å². The van der Waals surface area contributed by atoms with Gasteiger partial charge in [-0.2, -0.15) is 0 Å². The maximum absolute atomic E-state index is 12.2. The molecule has 2 aromatic heterocycles. The van der Waals surface area contributed by atoms with Gasteiger partial charge in [0.25, 0.3) is 16.3 Å². The number of nitrogens with zero attached hydrogens (tertiary/aromatic N) is 2. The molecule has 18 heavy (non-hydrogen) atoms. The van der Waals surface area contributed by atoms with Gasteiger partial charge < -0.3 is 8.98 Å². The van der Waals surface area contributed by atoms with Gasteiger partial charge in [0.05, 0.1) is 0 Å². The van der Waals surface area contributed by atoms with Crippen LogP contribution in [0.1, 0.15) is 26.2 Å². The molecule has 2 rings (SSSR count). The van der Waals surface area contributed by atoms with Crippen LogP contribution in [0.2, 0.25) is 0 Å². The van der Waals surface area contributed by atoms with E-state index in [1.165, 1.54) is 0 Å². The lowest BCUT2D eigenvalue weighted by Gasteiger charge is -2.05. The van der Waals surface area contributed by atoms with Crippen molar-refractivity contribution in [2.75, 3.05) is 0 Å². The summed E-state index contributed by atoms with van der Waals surface area (Å²) < 4.78 is 6.84. The number of pyridine rings is 1. The highest BCUT2D eigenvalue weighted by Gasteiger charge is 2.10. The van der Waals surface area contributed by atoms with E-state index in [4.69, 9.17) is 16.6 Å². The van der Waals surface area contributed by atoms with Crippen molar-refractivity contribution in [3.05, 3.63) is 33.5 Å². The second kappa shape index (κ2) is 5.77. The molecule has 0 aliphatic heterocycles. The van der Waals surface area contributed by atoms with Gasteiger partial charge in [-0.3, -0.25) is 4.79 Å². The Morgan fingerprint density at radius 1 is 1.50 bits per heavy atom. The monoisotopic (exact) mass is 265 g/mol. The van der Waals surface area contributed by atoms with Crippen LogP contribution in [-0.4, -0.2) is 14.8 Å². The van der Waals surface area contributed by atoms with Crippen LogP contribution < -0.4 is 5.56 Å².